The van der Waals surface area contributed by atoms with Crippen molar-refractivity contribution in [1.82, 2.24) is 20.1 Å². The average molecular weight is 382 g/mol. The fourth-order valence-corrected chi connectivity index (χ4v) is 3.57. The first kappa shape index (κ1) is 17.4. The summed E-state index contributed by atoms with van der Waals surface area (Å²) < 4.78 is 12.6. The molecular formula is C19H18N4O3S. The van der Waals surface area contributed by atoms with Gasteiger partial charge in [-0.05, 0) is 36.8 Å². The molecule has 0 fully saturated rings. The molecule has 0 atom stereocenters. The van der Waals surface area contributed by atoms with E-state index in [4.69, 9.17) is 9.47 Å². The van der Waals surface area contributed by atoms with E-state index < -0.39 is 0 Å². The number of carbonyl (C=O) groups excluding carboxylic acids is 1. The predicted molar refractivity (Wildman–Crippen MR) is 101 cm³/mol. The van der Waals surface area contributed by atoms with E-state index in [2.05, 4.69) is 15.5 Å². The summed E-state index contributed by atoms with van der Waals surface area (Å²) in [6.45, 7) is 2.56. The van der Waals surface area contributed by atoms with E-state index in [0.717, 1.165) is 22.8 Å². The molecule has 1 aliphatic heterocycles. The van der Waals surface area contributed by atoms with E-state index in [1.54, 1.807) is 0 Å². The van der Waals surface area contributed by atoms with Gasteiger partial charge in [0.1, 0.15) is 5.82 Å². The van der Waals surface area contributed by atoms with Gasteiger partial charge in [0, 0.05) is 12.2 Å². The fourth-order valence-electron chi connectivity index (χ4n) is 2.74. The minimum absolute atomic E-state index is 0.0714. The van der Waals surface area contributed by atoms with E-state index in [1.165, 1.54) is 11.8 Å². The Kier molecular flexibility index (Phi) is 4.97. The van der Waals surface area contributed by atoms with Crippen molar-refractivity contribution >= 4 is 17.7 Å². The van der Waals surface area contributed by atoms with Crippen LogP contribution in [0.1, 0.15) is 11.4 Å². The third-order valence-corrected chi connectivity index (χ3v) is 5.00. The maximum atomic E-state index is 12.2. The zero-order valence-corrected chi connectivity index (χ0v) is 15.5. The highest BCUT2D eigenvalue weighted by Gasteiger charge is 2.15. The van der Waals surface area contributed by atoms with Gasteiger partial charge in [0.15, 0.2) is 16.7 Å². The summed E-state index contributed by atoms with van der Waals surface area (Å²) in [6.07, 6.45) is 0. The van der Waals surface area contributed by atoms with Crippen molar-refractivity contribution in [1.29, 1.82) is 0 Å². The zero-order valence-electron chi connectivity index (χ0n) is 14.7. The molecule has 7 nitrogen and oxygen atoms in total. The van der Waals surface area contributed by atoms with Crippen LogP contribution < -0.4 is 14.8 Å². The third-order valence-electron chi connectivity index (χ3n) is 4.07. The summed E-state index contributed by atoms with van der Waals surface area (Å²) in [7, 11) is 0. The van der Waals surface area contributed by atoms with Gasteiger partial charge >= 0.3 is 0 Å². The van der Waals surface area contributed by atoms with E-state index in [1.807, 2.05) is 60.0 Å². The fraction of sp³-hybridized carbons (Fsp3) is 0.211. The number of aromatic nitrogens is 3. The lowest BCUT2D eigenvalue weighted by Crippen LogP contribution is -2.24. The highest BCUT2D eigenvalue weighted by atomic mass is 32.2. The number of aryl methyl sites for hydroxylation is 1. The van der Waals surface area contributed by atoms with Gasteiger partial charge in [-0.3, -0.25) is 9.36 Å². The largest absolute Gasteiger partial charge is 0.454 e. The Labute approximate surface area is 160 Å². The minimum atomic E-state index is -0.0714. The van der Waals surface area contributed by atoms with Gasteiger partial charge in [-0.2, -0.15) is 0 Å². The molecule has 0 saturated heterocycles. The monoisotopic (exact) mass is 382 g/mol. The molecule has 0 spiro atoms. The quantitative estimate of drug-likeness (QED) is 0.661. The van der Waals surface area contributed by atoms with Crippen LogP contribution in [0.25, 0.3) is 5.69 Å². The van der Waals surface area contributed by atoms with Crippen LogP contribution in [0, 0.1) is 6.92 Å². The van der Waals surface area contributed by atoms with Gasteiger partial charge in [0.2, 0.25) is 12.7 Å². The molecule has 0 saturated carbocycles. The highest BCUT2D eigenvalue weighted by molar-refractivity contribution is 7.99. The molecule has 8 heteroatoms. The second kappa shape index (κ2) is 7.71. The lowest BCUT2D eigenvalue weighted by molar-refractivity contribution is -0.118. The Hall–Kier alpha value is -3.00. The lowest BCUT2D eigenvalue weighted by atomic mass is 10.2. The van der Waals surface area contributed by atoms with Crippen LogP contribution >= 0.6 is 11.8 Å². The number of benzene rings is 2. The molecule has 4 rings (SSSR count). The smallest absolute Gasteiger partial charge is 0.231 e. The van der Waals surface area contributed by atoms with Gasteiger partial charge in [0.25, 0.3) is 0 Å². The summed E-state index contributed by atoms with van der Waals surface area (Å²) in [5.74, 6) is 2.41. The number of nitrogens with one attached hydrogen (secondary N) is 1. The number of amides is 1. The van der Waals surface area contributed by atoms with Crippen molar-refractivity contribution in [3.63, 3.8) is 0 Å². The number of hydrogen-bond donors (Lipinski definition) is 1. The molecule has 1 aliphatic rings. The first-order chi connectivity index (χ1) is 13.2. The number of carbonyl (C=O) groups is 1. The number of hydrogen-bond acceptors (Lipinski definition) is 6. The molecule has 2 aromatic carbocycles. The van der Waals surface area contributed by atoms with Crippen molar-refractivity contribution in [2.45, 2.75) is 18.6 Å². The molecule has 1 amide bonds. The Morgan fingerprint density at radius 1 is 1.15 bits per heavy atom. The SMILES string of the molecule is Cc1nnc(SCC(=O)NCc2ccc3c(c2)OCO3)n1-c1ccccc1. The first-order valence-electron chi connectivity index (χ1n) is 8.46. The molecule has 1 aromatic heterocycles. The molecule has 0 unspecified atom stereocenters. The Morgan fingerprint density at radius 2 is 1.96 bits per heavy atom. The molecule has 2 heterocycles. The van der Waals surface area contributed by atoms with Crippen LogP contribution in [0.4, 0.5) is 0 Å². The number of para-hydroxylation sites is 1. The highest BCUT2D eigenvalue weighted by Crippen LogP contribution is 2.32. The predicted octanol–water partition coefficient (Wildman–Crippen LogP) is 2.71. The van der Waals surface area contributed by atoms with Crippen LogP contribution in [-0.2, 0) is 11.3 Å². The summed E-state index contributed by atoms with van der Waals surface area (Å²) in [5, 5.41) is 11.9. The van der Waals surface area contributed by atoms with Crippen molar-refractivity contribution in [2.24, 2.45) is 0 Å². The average Bonchev–Trinajstić information content (AvgIpc) is 3.31. The van der Waals surface area contributed by atoms with Crippen LogP contribution in [0.2, 0.25) is 0 Å². The number of rotatable bonds is 6. The second-order valence-corrected chi connectivity index (χ2v) is 6.90. The zero-order chi connectivity index (χ0) is 18.6. The molecule has 27 heavy (non-hydrogen) atoms. The van der Waals surface area contributed by atoms with E-state index in [9.17, 15) is 4.79 Å². The van der Waals surface area contributed by atoms with Crippen LogP contribution in [0.15, 0.2) is 53.7 Å². The minimum Gasteiger partial charge on any atom is -0.454 e. The molecular weight excluding hydrogens is 364 g/mol. The second-order valence-electron chi connectivity index (χ2n) is 5.95. The van der Waals surface area contributed by atoms with Gasteiger partial charge in [0.05, 0.1) is 5.75 Å². The van der Waals surface area contributed by atoms with E-state index in [0.29, 0.717) is 17.5 Å². The summed E-state index contributed by atoms with van der Waals surface area (Å²) in [4.78, 5) is 12.2. The van der Waals surface area contributed by atoms with Gasteiger partial charge < -0.3 is 14.8 Å². The first-order valence-corrected chi connectivity index (χ1v) is 9.45. The summed E-state index contributed by atoms with van der Waals surface area (Å²) in [5.41, 5.74) is 1.93. The number of ether oxygens (including phenoxy) is 2. The molecule has 138 valence electrons. The van der Waals surface area contributed by atoms with Crippen LogP contribution in [0.5, 0.6) is 11.5 Å². The molecule has 0 radical (unpaired) electrons. The number of nitrogens with zero attached hydrogens (tertiary/aromatic N) is 3. The maximum absolute atomic E-state index is 12.2. The Balaban J connectivity index is 1.35. The summed E-state index contributed by atoms with van der Waals surface area (Å²) in [6, 6.07) is 15.5. The molecule has 0 bridgehead atoms. The Morgan fingerprint density at radius 3 is 2.81 bits per heavy atom. The van der Waals surface area contributed by atoms with Crippen LogP contribution in [0.3, 0.4) is 0 Å². The standard InChI is InChI=1S/C19H18N4O3S/c1-13-21-22-19(23(13)15-5-3-2-4-6-15)27-11-18(24)20-10-14-7-8-16-17(9-14)26-12-25-16/h2-9H,10-12H2,1H3,(H,20,24). The topological polar surface area (TPSA) is 78.3 Å². The number of thioether (sulfide) groups is 1. The van der Waals surface area contributed by atoms with Crippen molar-refractivity contribution in [2.75, 3.05) is 12.5 Å². The van der Waals surface area contributed by atoms with Gasteiger partial charge in [-0.25, -0.2) is 0 Å². The van der Waals surface area contributed by atoms with Gasteiger partial charge in [-0.15, -0.1) is 10.2 Å². The van der Waals surface area contributed by atoms with E-state index in [-0.39, 0.29) is 18.5 Å². The normalized spacial score (nSPS) is 12.2. The Bertz CT molecular complexity index is 959. The molecule has 1 N–H and O–H groups in total. The van der Waals surface area contributed by atoms with Crippen molar-refractivity contribution < 1.29 is 14.3 Å². The van der Waals surface area contributed by atoms with Crippen molar-refractivity contribution in [3.8, 4) is 17.2 Å². The third kappa shape index (κ3) is 3.90. The van der Waals surface area contributed by atoms with E-state index >= 15 is 0 Å². The van der Waals surface area contributed by atoms with Crippen LogP contribution in [-0.4, -0.2) is 33.2 Å². The summed E-state index contributed by atoms with van der Waals surface area (Å²) >= 11 is 1.36. The van der Waals surface area contributed by atoms with Gasteiger partial charge in [-0.1, -0.05) is 36.0 Å². The molecule has 0 aliphatic carbocycles. The number of fused-ring (bicyclic) bond motifs is 1. The van der Waals surface area contributed by atoms with Crippen molar-refractivity contribution in [3.05, 3.63) is 59.9 Å². The lowest BCUT2D eigenvalue weighted by Gasteiger charge is -2.09. The maximum Gasteiger partial charge on any atom is 0.231 e. The molecule has 3 aromatic rings.